The SMILES string of the molecule is COc1cc(-c2nn[nH]n2)cc(Br)c1OC(C)=O. The number of aromatic nitrogens is 4. The van der Waals surface area contributed by atoms with Crippen LogP contribution in [0.3, 0.4) is 0 Å². The van der Waals surface area contributed by atoms with Crippen molar-refractivity contribution < 1.29 is 14.3 Å². The molecular weight excluding hydrogens is 304 g/mol. The normalized spacial score (nSPS) is 10.2. The highest BCUT2D eigenvalue weighted by atomic mass is 79.9. The van der Waals surface area contributed by atoms with Crippen LogP contribution in [-0.4, -0.2) is 33.7 Å². The quantitative estimate of drug-likeness (QED) is 0.683. The largest absolute Gasteiger partial charge is 0.493 e. The van der Waals surface area contributed by atoms with Crippen molar-refractivity contribution in [1.29, 1.82) is 0 Å². The van der Waals surface area contributed by atoms with Crippen LogP contribution in [0.15, 0.2) is 16.6 Å². The van der Waals surface area contributed by atoms with Gasteiger partial charge < -0.3 is 9.47 Å². The predicted molar refractivity (Wildman–Crippen MR) is 65.2 cm³/mol. The zero-order valence-electron chi connectivity index (χ0n) is 9.60. The molecule has 1 aromatic carbocycles. The monoisotopic (exact) mass is 312 g/mol. The number of carbonyl (C=O) groups excluding carboxylic acids is 1. The van der Waals surface area contributed by atoms with E-state index in [4.69, 9.17) is 9.47 Å². The Hall–Kier alpha value is -1.96. The minimum Gasteiger partial charge on any atom is -0.493 e. The van der Waals surface area contributed by atoms with E-state index < -0.39 is 5.97 Å². The van der Waals surface area contributed by atoms with Crippen molar-refractivity contribution in [2.45, 2.75) is 6.92 Å². The van der Waals surface area contributed by atoms with Gasteiger partial charge in [-0.1, -0.05) is 0 Å². The summed E-state index contributed by atoms with van der Waals surface area (Å²) in [5.74, 6) is 0.710. The molecule has 0 fully saturated rings. The molecule has 8 heteroatoms. The molecule has 0 radical (unpaired) electrons. The van der Waals surface area contributed by atoms with E-state index in [0.29, 0.717) is 27.4 Å². The Morgan fingerprint density at radius 2 is 2.22 bits per heavy atom. The van der Waals surface area contributed by atoms with E-state index in [1.807, 2.05) is 0 Å². The molecule has 0 saturated carbocycles. The summed E-state index contributed by atoms with van der Waals surface area (Å²) in [7, 11) is 1.48. The van der Waals surface area contributed by atoms with Crippen LogP contribution in [0.2, 0.25) is 0 Å². The van der Waals surface area contributed by atoms with Crippen molar-refractivity contribution in [2.24, 2.45) is 0 Å². The van der Waals surface area contributed by atoms with Gasteiger partial charge in [-0.15, -0.1) is 10.2 Å². The minimum absolute atomic E-state index is 0.317. The Labute approximate surface area is 111 Å². The summed E-state index contributed by atoms with van der Waals surface area (Å²) in [4.78, 5) is 11.0. The average molecular weight is 313 g/mol. The predicted octanol–water partition coefficient (Wildman–Crippen LogP) is 1.56. The van der Waals surface area contributed by atoms with Crippen molar-refractivity contribution >= 4 is 21.9 Å². The van der Waals surface area contributed by atoms with E-state index in [1.165, 1.54) is 14.0 Å². The van der Waals surface area contributed by atoms with Crippen LogP contribution >= 0.6 is 15.9 Å². The van der Waals surface area contributed by atoms with Gasteiger partial charge in [0, 0.05) is 12.5 Å². The molecule has 18 heavy (non-hydrogen) atoms. The van der Waals surface area contributed by atoms with E-state index in [-0.39, 0.29) is 0 Å². The molecule has 1 N–H and O–H groups in total. The number of H-pyrrole nitrogens is 1. The van der Waals surface area contributed by atoms with Gasteiger partial charge in [0.05, 0.1) is 11.6 Å². The summed E-state index contributed by atoms with van der Waals surface area (Å²) in [6.07, 6.45) is 0. The Kier molecular flexibility index (Phi) is 3.56. The van der Waals surface area contributed by atoms with Crippen LogP contribution in [0.5, 0.6) is 11.5 Å². The van der Waals surface area contributed by atoms with E-state index in [9.17, 15) is 4.79 Å². The van der Waals surface area contributed by atoms with Crippen molar-refractivity contribution in [3.05, 3.63) is 16.6 Å². The smallest absolute Gasteiger partial charge is 0.308 e. The van der Waals surface area contributed by atoms with Gasteiger partial charge >= 0.3 is 5.97 Å². The Balaban J connectivity index is 2.49. The topological polar surface area (TPSA) is 90.0 Å². The fraction of sp³-hybridized carbons (Fsp3) is 0.200. The first kappa shape index (κ1) is 12.5. The number of hydrogen-bond donors (Lipinski definition) is 1. The molecular formula is C10H9BrN4O3. The van der Waals surface area contributed by atoms with Crippen molar-refractivity contribution in [3.8, 4) is 22.9 Å². The molecule has 1 aromatic heterocycles. The van der Waals surface area contributed by atoms with Crippen molar-refractivity contribution in [2.75, 3.05) is 7.11 Å². The molecule has 0 atom stereocenters. The number of ether oxygens (including phenoxy) is 2. The number of halogens is 1. The van der Waals surface area contributed by atoms with Gasteiger partial charge in [0.2, 0.25) is 5.82 Å². The van der Waals surface area contributed by atoms with E-state index >= 15 is 0 Å². The van der Waals surface area contributed by atoms with Gasteiger partial charge in [-0.05, 0) is 33.3 Å². The molecule has 1 heterocycles. The number of nitrogens with one attached hydrogen (secondary N) is 1. The Morgan fingerprint density at radius 1 is 1.44 bits per heavy atom. The van der Waals surface area contributed by atoms with Crippen LogP contribution in [0.1, 0.15) is 6.92 Å². The highest BCUT2D eigenvalue weighted by Crippen LogP contribution is 2.38. The standard InChI is InChI=1S/C10H9BrN4O3/c1-5(16)18-9-7(11)3-6(4-8(9)17-2)10-12-14-15-13-10/h3-4H,1-2H3,(H,12,13,14,15). The molecule has 0 aliphatic rings. The third kappa shape index (κ3) is 2.48. The van der Waals surface area contributed by atoms with Gasteiger partial charge in [0.25, 0.3) is 0 Å². The summed E-state index contributed by atoms with van der Waals surface area (Å²) in [5, 5.41) is 13.6. The maximum absolute atomic E-state index is 11.0. The minimum atomic E-state index is -0.429. The van der Waals surface area contributed by atoms with Gasteiger partial charge in [-0.3, -0.25) is 4.79 Å². The second-order valence-corrected chi connectivity index (χ2v) is 4.17. The zero-order valence-corrected chi connectivity index (χ0v) is 11.2. The number of carbonyl (C=O) groups is 1. The highest BCUT2D eigenvalue weighted by molar-refractivity contribution is 9.10. The number of methoxy groups -OCH3 is 1. The molecule has 0 bridgehead atoms. The van der Waals surface area contributed by atoms with Crippen LogP contribution < -0.4 is 9.47 Å². The van der Waals surface area contributed by atoms with Crippen molar-refractivity contribution in [3.63, 3.8) is 0 Å². The van der Waals surface area contributed by atoms with Crippen LogP contribution in [0.25, 0.3) is 11.4 Å². The maximum Gasteiger partial charge on any atom is 0.308 e. The molecule has 0 unspecified atom stereocenters. The first-order valence-electron chi connectivity index (χ1n) is 4.91. The van der Waals surface area contributed by atoms with E-state index in [1.54, 1.807) is 12.1 Å². The molecule has 0 aliphatic carbocycles. The number of rotatable bonds is 3. The highest BCUT2D eigenvalue weighted by Gasteiger charge is 2.15. The first-order valence-corrected chi connectivity index (χ1v) is 5.71. The molecule has 2 rings (SSSR count). The lowest BCUT2D eigenvalue weighted by Crippen LogP contribution is -2.04. The lowest BCUT2D eigenvalue weighted by atomic mass is 10.2. The summed E-state index contributed by atoms with van der Waals surface area (Å²) in [6, 6.07) is 3.37. The number of esters is 1. The average Bonchev–Trinajstić information content (AvgIpc) is 2.84. The second-order valence-electron chi connectivity index (χ2n) is 3.32. The molecule has 0 amide bonds. The van der Waals surface area contributed by atoms with Crippen LogP contribution in [0.4, 0.5) is 0 Å². The van der Waals surface area contributed by atoms with Crippen LogP contribution in [-0.2, 0) is 4.79 Å². The number of hydrogen-bond acceptors (Lipinski definition) is 6. The fourth-order valence-electron chi connectivity index (χ4n) is 1.38. The van der Waals surface area contributed by atoms with E-state index in [0.717, 1.165) is 0 Å². The summed E-state index contributed by atoms with van der Waals surface area (Å²) >= 11 is 3.31. The maximum atomic E-state index is 11.0. The first-order chi connectivity index (χ1) is 8.61. The second kappa shape index (κ2) is 5.13. The van der Waals surface area contributed by atoms with Gasteiger partial charge in [0.1, 0.15) is 0 Å². The lowest BCUT2D eigenvalue weighted by Gasteiger charge is -2.11. The number of aromatic amines is 1. The molecule has 0 saturated heterocycles. The lowest BCUT2D eigenvalue weighted by molar-refractivity contribution is -0.132. The van der Waals surface area contributed by atoms with Gasteiger partial charge in [0.15, 0.2) is 11.5 Å². The van der Waals surface area contributed by atoms with E-state index in [2.05, 4.69) is 36.6 Å². The number of nitrogens with zero attached hydrogens (tertiary/aromatic N) is 3. The number of benzene rings is 1. The Bertz CT molecular complexity index is 571. The molecule has 7 nitrogen and oxygen atoms in total. The third-order valence-corrected chi connectivity index (χ3v) is 2.67. The summed E-state index contributed by atoms with van der Waals surface area (Å²) in [5.41, 5.74) is 0.684. The molecule has 2 aromatic rings. The summed E-state index contributed by atoms with van der Waals surface area (Å²) < 4.78 is 10.8. The molecule has 0 spiro atoms. The van der Waals surface area contributed by atoms with Gasteiger partial charge in [-0.25, -0.2) is 0 Å². The molecule has 0 aliphatic heterocycles. The Morgan fingerprint density at radius 3 is 2.78 bits per heavy atom. The zero-order chi connectivity index (χ0) is 13.1. The summed E-state index contributed by atoms with van der Waals surface area (Å²) in [6.45, 7) is 1.32. The van der Waals surface area contributed by atoms with Gasteiger partial charge in [-0.2, -0.15) is 5.21 Å². The molecule has 94 valence electrons. The van der Waals surface area contributed by atoms with Crippen molar-refractivity contribution in [1.82, 2.24) is 20.6 Å². The fourth-order valence-corrected chi connectivity index (χ4v) is 1.90. The third-order valence-electron chi connectivity index (χ3n) is 2.08. The van der Waals surface area contributed by atoms with Crippen LogP contribution in [0, 0.1) is 0 Å². The number of tetrazole rings is 1.